The fourth-order valence-corrected chi connectivity index (χ4v) is 2.36. The first-order valence-electron chi connectivity index (χ1n) is 6.72. The maximum Gasteiger partial charge on any atom is 0.0433 e. The molecule has 0 amide bonds. The predicted molar refractivity (Wildman–Crippen MR) is 74.3 cm³/mol. The first-order valence-corrected chi connectivity index (χ1v) is 6.72. The van der Waals surface area contributed by atoms with E-state index in [0.29, 0.717) is 5.92 Å². The van der Waals surface area contributed by atoms with Gasteiger partial charge in [0, 0.05) is 5.54 Å². The molecule has 0 unspecified atom stereocenters. The zero-order chi connectivity index (χ0) is 12.7. The van der Waals surface area contributed by atoms with Gasteiger partial charge in [-0.05, 0) is 42.3 Å². The molecule has 1 aromatic carbocycles. The van der Waals surface area contributed by atoms with E-state index in [1.807, 2.05) is 0 Å². The Labute approximate surface area is 106 Å². The minimum absolute atomic E-state index is 0.250. The molecule has 0 atom stereocenters. The zero-order valence-corrected chi connectivity index (χ0v) is 11.8. The third-order valence-corrected chi connectivity index (χ3v) is 4.83. The Bertz CT molecular complexity index is 400. The van der Waals surface area contributed by atoms with Crippen molar-refractivity contribution in [3.05, 3.63) is 35.4 Å². The maximum absolute atomic E-state index is 3.48. The van der Waals surface area contributed by atoms with Gasteiger partial charge in [0.15, 0.2) is 0 Å². The summed E-state index contributed by atoms with van der Waals surface area (Å²) in [6, 6.07) is 9.16. The maximum atomic E-state index is 3.48. The summed E-state index contributed by atoms with van der Waals surface area (Å²) in [6.45, 7) is 9.29. The van der Waals surface area contributed by atoms with Crippen LogP contribution in [0.1, 0.15) is 51.7 Å². The van der Waals surface area contributed by atoms with Crippen molar-refractivity contribution in [3.8, 4) is 0 Å². The third-order valence-electron chi connectivity index (χ3n) is 4.83. The van der Waals surface area contributed by atoms with Crippen LogP contribution >= 0.6 is 0 Å². The largest absolute Gasteiger partial charge is 0.310 e. The average molecular weight is 231 g/mol. The second-order valence-corrected chi connectivity index (χ2v) is 6.29. The molecule has 1 heteroatoms. The Morgan fingerprint density at radius 1 is 1.24 bits per heavy atom. The van der Waals surface area contributed by atoms with E-state index in [-0.39, 0.29) is 11.0 Å². The van der Waals surface area contributed by atoms with Gasteiger partial charge in [-0.1, -0.05) is 52.0 Å². The molecule has 1 aromatic rings. The van der Waals surface area contributed by atoms with Crippen LogP contribution in [0.15, 0.2) is 24.3 Å². The van der Waals surface area contributed by atoms with Crippen molar-refractivity contribution in [2.45, 2.75) is 51.5 Å². The van der Waals surface area contributed by atoms with Crippen LogP contribution in [0.2, 0.25) is 0 Å². The molecule has 1 aliphatic rings. The Morgan fingerprint density at radius 2 is 1.88 bits per heavy atom. The van der Waals surface area contributed by atoms with Crippen molar-refractivity contribution in [3.63, 3.8) is 0 Å². The van der Waals surface area contributed by atoms with Gasteiger partial charge in [-0.2, -0.15) is 0 Å². The van der Waals surface area contributed by atoms with Crippen molar-refractivity contribution in [1.29, 1.82) is 0 Å². The molecule has 1 aliphatic carbocycles. The van der Waals surface area contributed by atoms with Crippen molar-refractivity contribution < 1.29 is 0 Å². The van der Waals surface area contributed by atoms with Crippen molar-refractivity contribution in [2.24, 2.45) is 5.92 Å². The van der Waals surface area contributed by atoms with E-state index in [4.69, 9.17) is 0 Å². The molecule has 0 spiro atoms. The van der Waals surface area contributed by atoms with Crippen LogP contribution in [0.5, 0.6) is 0 Å². The molecule has 1 N–H and O–H groups in total. The van der Waals surface area contributed by atoms with Crippen LogP contribution in [0.3, 0.4) is 0 Å². The van der Waals surface area contributed by atoms with Crippen molar-refractivity contribution in [2.75, 3.05) is 7.05 Å². The van der Waals surface area contributed by atoms with Gasteiger partial charge in [0.1, 0.15) is 0 Å². The number of nitrogens with one attached hydrogen (secondary N) is 1. The Balaban J connectivity index is 2.35. The van der Waals surface area contributed by atoms with Gasteiger partial charge in [-0.3, -0.25) is 0 Å². The summed E-state index contributed by atoms with van der Waals surface area (Å²) < 4.78 is 0. The van der Waals surface area contributed by atoms with E-state index in [2.05, 4.69) is 64.3 Å². The topological polar surface area (TPSA) is 12.0 Å². The van der Waals surface area contributed by atoms with E-state index in [0.717, 1.165) is 0 Å². The van der Waals surface area contributed by atoms with Crippen LogP contribution in [0, 0.1) is 5.92 Å². The van der Waals surface area contributed by atoms with Crippen LogP contribution in [-0.4, -0.2) is 7.05 Å². The normalized spacial score (nSPS) is 18.5. The van der Waals surface area contributed by atoms with E-state index in [1.54, 1.807) is 0 Å². The predicted octanol–water partition coefficient (Wildman–Crippen LogP) is 3.83. The summed E-state index contributed by atoms with van der Waals surface area (Å²) >= 11 is 0. The molecule has 1 fully saturated rings. The van der Waals surface area contributed by atoms with Crippen molar-refractivity contribution in [1.82, 2.24) is 5.32 Å². The lowest BCUT2D eigenvalue weighted by Gasteiger charge is -2.31. The lowest BCUT2D eigenvalue weighted by Crippen LogP contribution is -2.27. The molecule has 0 bridgehead atoms. The van der Waals surface area contributed by atoms with E-state index >= 15 is 0 Å². The first kappa shape index (κ1) is 12.6. The van der Waals surface area contributed by atoms with Gasteiger partial charge in [0.25, 0.3) is 0 Å². The monoisotopic (exact) mass is 231 g/mol. The number of benzene rings is 1. The highest BCUT2D eigenvalue weighted by molar-refractivity contribution is 5.36. The number of rotatable bonds is 4. The molecule has 1 saturated carbocycles. The SMILES string of the molecule is CNC1(c2cccc(C(C)(C)C(C)C)c2)CC1. The summed E-state index contributed by atoms with van der Waals surface area (Å²) in [4.78, 5) is 0. The molecular formula is C16H25N. The third kappa shape index (κ3) is 2.13. The van der Waals surface area contributed by atoms with Gasteiger partial charge in [-0.25, -0.2) is 0 Å². The molecule has 0 aliphatic heterocycles. The second-order valence-electron chi connectivity index (χ2n) is 6.29. The number of hydrogen-bond acceptors (Lipinski definition) is 1. The summed E-state index contributed by atoms with van der Waals surface area (Å²) in [5, 5.41) is 3.48. The van der Waals surface area contributed by atoms with Crippen LogP contribution in [0.4, 0.5) is 0 Å². The summed E-state index contributed by atoms with van der Waals surface area (Å²) in [7, 11) is 2.08. The van der Waals surface area contributed by atoms with Crippen LogP contribution in [0.25, 0.3) is 0 Å². The summed E-state index contributed by atoms with van der Waals surface area (Å²) in [5.41, 5.74) is 3.46. The summed E-state index contributed by atoms with van der Waals surface area (Å²) in [5.74, 6) is 0.655. The zero-order valence-electron chi connectivity index (χ0n) is 11.8. The van der Waals surface area contributed by atoms with E-state index in [1.165, 1.54) is 24.0 Å². The minimum Gasteiger partial charge on any atom is -0.310 e. The first-order chi connectivity index (χ1) is 7.92. The smallest absolute Gasteiger partial charge is 0.0433 e. The highest BCUT2D eigenvalue weighted by Crippen LogP contribution is 2.46. The molecule has 94 valence electrons. The molecule has 17 heavy (non-hydrogen) atoms. The number of hydrogen-bond donors (Lipinski definition) is 1. The van der Waals surface area contributed by atoms with Gasteiger partial charge in [0.2, 0.25) is 0 Å². The Morgan fingerprint density at radius 3 is 2.35 bits per heavy atom. The van der Waals surface area contributed by atoms with Crippen LogP contribution in [-0.2, 0) is 11.0 Å². The quantitative estimate of drug-likeness (QED) is 0.830. The molecule has 2 rings (SSSR count). The second kappa shape index (κ2) is 4.13. The van der Waals surface area contributed by atoms with E-state index < -0.39 is 0 Å². The highest BCUT2D eigenvalue weighted by atomic mass is 15.0. The molecule has 0 saturated heterocycles. The molecule has 0 radical (unpaired) electrons. The Hall–Kier alpha value is -0.820. The van der Waals surface area contributed by atoms with Crippen LogP contribution < -0.4 is 5.32 Å². The lowest BCUT2D eigenvalue weighted by molar-refractivity contribution is 0.371. The van der Waals surface area contributed by atoms with Gasteiger partial charge < -0.3 is 5.32 Å². The average Bonchev–Trinajstić information content (AvgIpc) is 3.10. The fourth-order valence-electron chi connectivity index (χ4n) is 2.36. The molecule has 0 heterocycles. The highest BCUT2D eigenvalue weighted by Gasteiger charge is 2.43. The lowest BCUT2D eigenvalue weighted by atomic mass is 9.74. The molecule has 0 aromatic heterocycles. The minimum atomic E-state index is 0.250. The molecular weight excluding hydrogens is 206 g/mol. The fraction of sp³-hybridized carbons (Fsp3) is 0.625. The van der Waals surface area contributed by atoms with Gasteiger partial charge >= 0.3 is 0 Å². The standard InChI is InChI=1S/C16H25N/c1-12(2)15(3,4)13-7-6-8-14(11-13)16(17-5)9-10-16/h6-8,11-12,17H,9-10H2,1-5H3. The summed E-state index contributed by atoms with van der Waals surface area (Å²) in [6.07, 6.45) is 2.55. The van der Waals surface area contributed by atoms with E-state index in [9.17, 15) is 0 Å². The van der Waals surface area contributed by atoms with Crippen molar-refractivity contribution >= 4 is 0 Å². The Kier molecular flexibility index (Phi) is 3.07. The van der Waals surface area contributed by atoms with Gasteiger partial charge in [0.05, 0.1) is 0 Å². The van der Waals surface area contributed by atoms with Gasteiger partial charge in [-0.15, -0.1) is 0 Å². The molecule has 1 nitrogen and oxygen atoms in total.